The quantitative estimate of drug-likeness (QED) is 0.280. The molecule has 0 aromatic carbocycles. The second kappa shape index (κ2) is 8.87. The number of nitrogens with two attached hydrogens (primary N) is 1. The number of nitrogens with zero attached hydrogens (tertiary/aromatic N) is 4. The summed E-state index contributed by atoms with van der Waals surface area (Å²) in [4.78, 5) is 41.0. The fourth-order valence-electron chi connectivity index (χ4n) is 3.39. The average Bonchev–Trinajstić information content (AvgIpc) is 3.45. The molecule has 4 rings (SSSR count). The maximum Gasteiger partial charge on any atom is 0.309 e. The molecule has 4 heterocycles. The number of hydrogen-bond acceptors (Lipinski definition) is 8. The zero-order valence-corrected chi connectivity index (χ0v) is 19.3. The Kier molecular flexibility index (Phi) is 6.10. The number of carbonyl (C=O) groups excluding carboxylic acids is 2. The van der Waals surface area contributed by atoms with Gasteiger partial charge in [-0.15, -0.1) is 22.7 Å². The molecule has 0 fully saturated rings. The number of aryl methyl sites for hydroxylation is 1. The van der Waals surface area contributed by atoms with E-state index in [9.17, 15) is 28.5 Å². The number of rotatable bonds is 7. The number of fused-ring (bicyclic) bond motifs is 1. The summed E-state index contributed by atoms with van der Waals surface area (Å²) in [5, 5.41) is 17.8. The SMILES string of the molecule is Cc1ccc(-c2cc(C(F)F)nc3sc(C(N)=O)c(NC(=O)Cn4ncc([N+](=O)[O-])c4C)c23)s1. The van der Waals surface area contributed by atoms with E-state index in [1.807, 2.05) is 13.0 Å². The van der Waals surface area contributed by atoms with Crippen LogP contribution in [0.4, 0.5) is 20.2 Å². The smallest absolute Gasteiger partial charge is 0.309 e. The maximum absolute atomic E-state index is 13.5. The molecule has 0 unspecified atom stereocenters. The number of halogens is 2. The van der Waals surface area contributed by atoms with Crippen LogP contribution < -0.4 is 11.1 Å². The highest BCUT2D eigenvalue weighted by Gasteiger charge is 2.26. The molecule has 3 N–H and O–H groups in total. The molecule has 2 amide bonds. The fourth-order valence-corrected chi connectivity index (χ4v) is 5.29. The standard InChI is InChI=1S/C20H16F2N6O4S2/c1-8-3-4-13(33-8)10-5-11(18(21)22)25-20-15(10)16(17(34-20)19(23)30)26-14(29)7-27-9(2)12(6-24-27)28(31)32/h3-6,18H,7H2,1-2H3,(H2,23,30)(H,26,29). The number of anilines is 1. The molecule has 0 saturated carbocycles. The van der Waals surface area contributed by atoms with Crippen LogP contribution in [0.15, 0.2) is 24.4 Å². The van der Waals surface area contributed by atoms with Crippen LogP contribution in [0.5, 0.6) is 0 Å². The van der Waals surface area contributed by atoms with Crippen LogP contribution in [0, 0.1) is 24.0 Å². The predicted molar refractivity (Wildman–Crippen MR) is 123 cm³/mol. The van der Waals surface area contributed by atoms with E-state index in [0.29, 0.717) is 15.8 Å². The van der Waals surface area contributed by atoms with Crippen LogP contribution in [-0.2, 0) is 11.3 Å². The lowest BCUT2D eigenvalue weighted by Crippen LogP contribution is -2.22. The van der Waals surface area contributed by atoms with Crippen molar-refractivity contribution in [2.24, 2.45) is 5.73 Å². The van der Waals surface area contributed by atoms with E-state index in [1.165, 1.54) is 24.3 Å². The van der Waals surface area contributed by atoms with Gasteiger partial charge in [0.05, 0.1) is 10.6 Å². The molecule has 0 aliphatic carbocycles. The van der Waals surface area contributed by atoms with E-state index in [1.54, 1.807) is 6.07 Å². The molecule has 34 heavy (non-hydrogen) atoms. The second-order valence-corrected chi connectivity index (χ2v) is 9.52. The van der Waals surface area contributed by atoms with E-state index in [2.05, 4.69) is 15.4 Å². The second-order valence-electron chi connectivity index (χ2n) is 7.23. The highest BCUT2D eigenvalue weighted by atomic mass is 32.1. The molecule has 0 saturated heterocycles. The minimum Gasteiger partial charge on any atom is -0.365 e. The van der Waals surface area contributed by atoms with Gasteiger partial charge >= 0.3 is 5.69 Å². The number of alkyl halides is 2. The molecule has 176 valence electrons. The topological polar surface area (TPSA) is 146 Å². The van der Waals surface area contributed by atoms with Gasteiger partial charge in [-0.3, -0.25) is 24.4 Å². The van der Waals surface area contributed by atoms with Crippen LogP contribution in [0.3, 0.4) is 0 Å². The minimum absolute atomic E-state index is 0.0474. The molecule has 4 aromatic rings. The van der Waals surface area contributed by atoms with Gasteiger partial charge in [-0.2, -0.15) is 5.10 Å². The lowest BCUT2D eigenvalue weighted by Gasteiger charge is -2.10. The van der Waals surface area contributed by atoms with Gasteiger partial charge in [0.1, 0.15) is 33.8 Å². The van der Waals surface area contributed by atoms with Gasteiger partial charge in [-0.25, -0.2) is 13.8 Å². The monoisotopic (exact) mass is 506 g/mol. The summed E-state index contributed by atoms with van der Waals surface area (Å²) in [5.41, 5.74) is 5.39. The zero-order valence-electron chi connectivity index (χ0n) is 17.7. The van der Waals surface area contributed by atoms with Crippen LogP contribution in [0.2, 0.25) is 0 Å². The Labute approximate surface area is 198 Å². The Morgan fingerprint density at radius 2 is 2.03 bits per heavy atom. The van der Waals surface area contributed by atoms with Gasteiger partial charge in [0.15, 0.2) is 0 Å². The summed E-state index contributed by atoms with van der Waals surface area (Å²) >= 11 is 2.15. The Hall–Kier alpha value is -3.78. The fraction of sp³-hybridized carbons (Fsp3) is 0.200. The van der Waals surface area contributed by atoms with E-state index in [0.717, 1.165) is 27.1 Å². The summed E-state index contributed by atoms with van der Waals surface area (Å²) in [5.74, 6) is -1.51. The van der Waals surface area contributed by atoms with Gasteiger partial charge in [-0.1, -0.05) is 0 Å². The molecule has 0 aliphatic heterocycles. The van der Waals surface area contributed by atoms with Crippen molar-refractivity contribution >= 4 is 56.1 Å². The van der Waals surface area contributed by atoms with Crippen molar-refractivity contribution in [3.8, 4) is 10.4 Å². The lowest BCUT2D eigenvalue weighted by atomic mass is 10.1. The summed E-state index contributed by atoms with van der Waals surface area (Å²) in [6.07, 6.45) is -1.82. The van der Waals surface area contributed by atoms with Gasteiger partial charge in [-0.05, 0) is 32.0 Å². The molecule has 0 spiro atoms. The van der Waals surface area contributed by atoms with Gasteiger partial charge < -0.3 is 11.1 Å². The molecule has 0 bridgehead atoms. The molecule has 0 radical (unpaired) electrons. The van der Waals surface area contributed by atoms with Gasteiger partial charge in [0.2, 0.25) is 5.91 Å². The summed E-state index contributed by atoms with van der Waals surface area (Å²) in [6, 6.07) is 4.80. The van der Waals surface area contributed by atoms with E-state index in [4.69, 9.17) is 5.73 Å². The molecule has 0 aliphatic rings. The highest BCUT2D eigenvalue weighted by Crippen LogP contribution is 2.44. The van der Waals surface area contributed by atoms with Crippen molar-refractivity contribution < 1.29 is 23.3 Å². The molecular formula is C20H16F2N6O4S2. The van der Waals surface area contributed by atoms with Crippen molar-refractivity contribution in [2.75, 3.05) is 5.32 Å². The van der Waals surface area contributed by atoms with Crippen molar-refractivity contribution in [2.45, 2.75) is 26.8 Å². The zero-order chi connectivity index (χ0) is 24.7. The van der Waals surface area contributed by atoms with Gasteiger partial charge in [0, 0.05) is 20.7 Å². The third-order valence-electron chi connectivity index (χ3n) is 4.97. The highest BCUT2D eigenvalue weighted by molar-refractivity contribution is 7.21. The van der Waals surface area contributed by atoms with Crippen molar-refractivity contribution in [1.29, 1.82) is 0 Å². The number of thiophene rings is 2. The van der Waals surface area contributed by atoms with Crippen LogP contribution >= 0.6 is 22.7 Å². The number of pyridine rings is 1. The van der Waals surface area contributed by atoms with Crippen molar-refractivity contribution in [3.05, 3.63) is 55.7 Å². The first-order valence-corrected chi connectivity index (χ1v) is 11.3. The van der Waals surface area contributed by atoms with E-state index in [-0.39, 0.29) is 33.3 Å². The van der Waals surface area contributed by atoms with Crippen molar-refractivity contribution in [1.82, 2.24) is 14.8 Å². The first kappa shape index (κ1) is 23.4. The van der Waals surface area contributed by atoms with Crippen LogP contribution in [0.1, 0.15) is 32.4 Å². The number of carbonyl (C=O) groups is 2. The number of nitrogens with one attached hydrogen (secondary N) is 1. The summed E-state index contributed by atoms with van der Waals surface area (Å²) < 4.78 is 28.2. The normalized spacial score (nSPS) is 11.3. The summed E-state index contributed by atoms with van der Waals surface area (Å²) in [6.45, 7) is 2.92. The number of nitro groups is 1. The first-order chi connectivity index (χ1) is 16.1. The molecule has 14 heteroatoms. The third kappa shape index (κ3) is 4.24. The molecule has 4 aromatic heterocycles. The van der Waals surface area contributed by atoms with Crippen molar-refractivity contribution in [3.63, 3.8) is 0 Å². The van der Waals surface area contributed by atoms with Crippen LogP contribution in [0.25, 0.3) is 20.7 Å². The lowest BCUT2D eigenvalue weighted by molar-refractivity contribution is -0.385. The molecular weight excluding hydrogens is 490 g/mol. The maximum atomic E-state index is 13.5. The first-order valence-electron chi connectivity index (χ1n) is 9.65. The Morgan fingerprint density at radius 3 is 2.59 bits per heavy atom. The predicted octanol–water partition coefficient (Wildman–Crippen LogP) is 4.42. The Balaban J connectivity index is 1.82. The molecule has 10 nitrogen and oxygen atoms in total. The van der Waals surface area contributed by atoms with Gasteiger partial charge in [0.25, 0.3) is 12.3 Å². The average molecular weight is 507 g/mol. The number of primary amides is 1. The Morgan fingerprint density at radius 1 is 1.29 bits per heavy atom. The Bertz CT molecular complexity index is 1460. The number of hydrogen-bond donors (Lipinski definition) is 2. The summed E-state index contributed by atoms with van der Waals surface area (Å²) in [7, 11) is 0. The number of amides is 2. The third-order valence-corrected chi connectivity index (χ3v) is 7.10. The number of aromatic nitrogens is 3. The largest absolute Gasteiger partial charge is 0.365 e. The van der Waals surface area contributed by atoms with Crippen LogP contribution in [-0.4, -0.2) is 31.5 Å². The van der Waals surface area contributed by atoms with E-state index < -0.39 is 28.9 Å². The molecule has 0 atom stereocenters. The minimum atomic E-state index is -2.85. The van der Waals surface area contributed by atoms with E-state index >= 15 is 0 Å².